The molecule has 0 bridgehead atoms. The second-order valence-corrected chi connectivity index (χ2v) is 3.08. The number of hydrogen-bond acceptors (Lipinski definition) is 2. The maximum atomic E-state index is 11.9. The average Bonchev–Trinajstić information content (AvgIpc) is 1.93. The Morgan fingerprint density at radius 2 is 1.12 bits per heavy atom. The van der Waals surface area contributed by atoms with Crippen LogP contribution in [0.15, 0.2) is 18.2 Å². The van der Waals surface area contributed by atoms with Crippen LogP contribution in [0.3, 0.4) is 0 Å². The van der Waals surface area contributed by atoms with Gasteiger partial charge in [-0.2, -0.15) is 0 Å². The SMILES string of the molecule is Cc1cc(OC(F)(F)F)cc(OC(F)(F)F)c1. The highest BCUT2D eigenvalue weighted by atomic mass is 19.4. The van der Waals surface area contributed by atoms with Gasteiger partial charge in [-0.15, -0.1) is 26.3 Å². The molecule has 1 aromatic carbocycles. The van der Waals surface area contributed by atoms with Gasteiger partial charge in [0.25, 0.3) is 0 Å². The van der Waals surface area contributed by atoms with Crippen LogP contribution in [0.2, 0.25) is 0 Å². The van der Waals surface area contributed by atoms with Crippen molar-refractivity contribution < 1.29 is 35.8 Å². The van der Waals surface area contributed by atoms with Gasteiger partial charge in [0.05, 0.1) is 0 Å². The zero-order valence-electron chi connectivity index (χ0n) is 8.32. The molecule has 0 saturated carbocycles. The summed E-state index contributed by atoms with van der Waals surface area (Å²) in [4.78, 5) is 0. The Hall–Kier alpha value is -1.60. The molecule has 0 fully saturated rings. The molecule has 0 atom stereocenters. The third-order valence-corrected chi connectivity index (χ3v) is 1.49. The van der Waals surface area contributed by atoms with Crippen molar-refractivity contribution in [3.8, 4) is 11.5 Å². The van der Waals surface area contributed by atoms with Crippen molar-refractivity contribution in [2.24, 2.45) is 0 Å². The largest absolute Gasteiger partial charge is 0.573 e. The quantitative estimate of drug-likeness (QED) is 0.753. The minimum absolute atomic E-state index is 0.144. The molecule has 0 aliphatic rings. The van der Waals surface area contributed by atoms with Crippen LogP contribution in [-0.4, -0.2) is 12.7 Å². The standard InChI is InChI=1S/C9H6F6O2/c1-5-2-6(16-8(10,11)12)4-7(3-5)17-9(13,14)15/h2-4H,1H3. The van der Waals surface area contributed by atoms with Crippen molar-refractivity contribution >= 4 is 0 Å². The van der Waals surface area contributed by atoms with E-state index in [-0.39, 0.29) is 5.56 Å². The summed E-state index contributed by atoms with van der Waals surface area (Å²) in [7, 11) is 0. The van der Waals surface area contributed by atoms with Crippen molar-refractivity contribution in [3.05, 3.63) is 23.8 Å². The van der Waals surface area contributed by atoms with Gasteiger partial charge in [0.2, 0.25) is 0 Å². The van der Waals surface area contributed by atoms with Crippen molar-refractivity contribution in [3.63, 3.8) is 0 Å². The van der Waals surface area contributed by atoms with Crippen molar-refractivity contribution in [2.45, 2.75) is 19.6 Å². The summed E-state index contributed by atoms with van der Waals surface area (Å²) in [5, 5.41) is 0. The summed E-state index contributed by atoms with van der Waals surface area (Å²) in [5.74, 6) is -1.53. The Morgan fingerprint density at radius 3 is 1.41 bits per heavy atom. The van der Waals surface area contributed by atoms with Gasteiger partial charge in [0, 0.05) is 6.07 Å². The number of benzene rings is 1. The molecule has 0 heterocycles. The van der Waals surface area contributed by atoms with Gasteiger partial charge < -0.3 is 9.47 Å². The average molecular weight is 260 g/mol. The molecule has 0 spiro atoms. The highest BCUT2D eigenvalue weighted by Gasteiger charge is 2.33. The van der Waals surface area contributed by atoms with E-state index in [1.807, 2.05) is 0 Å². The van der Waals surface area contributed by atoms with Gasteiger partial charge in [-0.25, -0.2) is 0 Å². The van der Waals surface area contributed by atoms with Gasteiger partial charge in [0.1, 0.15) is 11.5 Å². The number of ether oxygens (including phenoxy) is 2. The lowest BCUT2D eigenvalue weighted by Gasteiger charge is -2.13. The van der Waals surface area contributed by atoms with Crippen LogP contribution in [0.5, 0.6) is 11.5 Å². The molecule has 0 radical (unpaired) electrons. The number of hydrogen-bond donors (Lipinski definition) is 0. The molecule has 0 N–H and O–H groups in total. The molecular formula is C9H6F6O2. The van der Waals surface area contributed by atoms with E-state index in [9.17, 15) is 26.3 Å². The Balaban J connectivity index is 2.95. The summed E-state index contributed by atoms with van der Waals surface area (Å²) in [6.07, 6.45) is -9.94. The van der Waals surface area contributed by atoms with Crippen LogP contribution in [0.4, 0.5) is 26.3 Å². The van der Waals surface area contributed by atoms with Gasteiger partial charge >= 0.3 is 12.7 Å². The Kier molecular flexibility index (Phi) is 3.44. The molecule has 17 heavy (non-hydrogen) atoms. The highest BCUT2D eigenvalue weighted by Crippen LogP contribution is 2.30. The molecule has 1 rings (SSSR count). The lowest BCUT2D eigenvalue weighted by atomic mass is 10.2. The molecule has 0 unspecified atom stereocenters. The maximum Gasteiger partial charge on any atom is 0.573 e. The van der Waals surface area contributed by atoms with E-state index in [1.54, 1.807) is 0 Å². The minimum atomic E-state index is -4.97. The molecule has 2 nitrogen and oxygen atoms in total. The van der Waals surface area contributed by atoms with E-state index in [0.29, 0.717) is 6.07 Å². The predicted octanol–water partition coefficient (Wildman–Crippen LogP) is 3.79. The van der Waals surface area contributed by atoms with E-state index in [2.05, 4.69) is 9.47 Å². The summed E-state index contributed by atoms with van der Waals surface area (Å²) < 4.78 is 78.1. The molecule has 0 aliphatic carbocycles. The predicted molar refractivity (Wildman–Crippen MR) is 44.5 cm³/mol. The topological polar surface area (TPSA) is 18.5 Å². The summed E-state index contributed by atoms with van der Waals surface area (Å²) in [6.45, 7) is 1.31. The molecular weight excluding hydrogens is 254 g/mol. The third kappa shape index (κ3) is 5.32. The fourth-order valence-electron chi connectivity index (χ4n) is 1.10. The monoisotopic (exact) mass is 260 g/mol. The van der Waals surface area contributed by atoms with Crippen LogP contribution in [0.1, 0.15) is 5.56 Å². The molecule has 96 valence electrons. The molecule has 8 heteroatoms. The number of aryl methyl sites for hydroxylation is 1. The number of halogens is 6. The van der Waals surface area contributed by atoms with Crippen molar-refractivity contribution in [2.75, 3.05) is 0 Å². The van der Waals surface area contributed by atoms with Gasteiger partial charge in [-0.1, -0.05) is 0 Å². The van der Waals surface area contributed by atoms with E-state index in [0.717, 1.165) is 12.1 Å². The van der Waals surface area contributed by atoms with Crippen molar-refractivity contribution in [1.29, 1.82) is 0 Å². The number of rotatable bonds is 2. The Morgan fingerprint density at radius 1 is 0.765 bits per heavy atom. The molecule has 1 aromatic rings. The van der Waals surface area contributed by atoms with E-state index >= 15 is 0 Å². The fraction of sp³-hybridized carbons (Fsp3) is 0.333. The van der Waals surface area contributed by atoms with Crippen LogP contribution in [0, 0.1) is 6.92 Å². The van der Waals surface area contributed by atoms with Gasteiger partial charge in [-0.3, -0.25) is 0 Å². The first-order valence-electron chi connectivity index (χ1n) is 4.18. The molecule has 0 aliphatic heterocycles. The maximum absolute atomic E-state index is 11.9. The van der Waals surface area contributed by atoms with Crippen LogP contribution < -0.4 is 9.47 Å². The lowest BCUT2D eigenvalue weighted by molar-refractivity contribution is -0.276. The Bertz CT molecular complexity index is 361. The summed E-state index contributed by atoms with van der Waals surface area (Å²) in [6, 6.07) is 2.39. The fourth-order valence-corrected chi connectivity index (χ4v) is 1.10. The first kappa shape index (κ1) is 13.5. The second-order valence-electron chi connectivity index (χ2n) is 3.08. The summed E-state index contributed by atoms with van der Waals surface area (Å²) in [5.41, 5.74) is 0.144. The van der Waals surface area contributed by atoms with Crippen LogP contribution in [0.25, 0.3) is 0 Å². The highest BCUT2D eigenvalue weighted by molar-refractivity contribution is 5.38. The molecule has 0 saturated heterocycles. The third-order valence-electron chi connectivity index (χ3n) is 1.49. The molecule has 0 aromatic heterocycles. The first-order chi connectivity index (χ1) is 7.55. The normalized spacial score (nSPS) is 12.4. The smallest absolute Gasteiger partial charge is 0.406 e. The lowest BCUT2D eigenvalue weighted by Crippen LogP contribution is -2.19. The molecule has 0 amide bonds. The first-order valence-corrected chi connectivity index (χ1v) is 4.18. The Labute approximate surface area is 91.7 Å². The number of alkyl halides is 6. The zero-order valence-corrected chi connectivity index (χ0v) is 8.32. The zero-order chi connectivity index (χ0) is 13.3. The second kappa shape index (κ2) is 4.34. The van der Waals surface area contributed by atoms with Crippen LogP contribution >= 0.6 is 0 Å². The van der Waals surface area contributed by atoms with Crippen LogP contribution in [-0.2, 0) is 0 Å². The minimum Gasteiger partial charge on any atom is -0.406 e. The van der Waals surface area contributed by atoms with Gasteiger partial charge in [0.15, 0.2) is 0 Å². The summed E-state index contributed by atoms with van der Waals surface area (Å²) >= 11 is 0. The van der Waals surface area contributed by atoms with E-state index in [4.69, 9.17) is 0 Å². The van der Waals surface area contributed by atoms with E-state index < -0.39 is 24.2 Å². The van der Waals surface area contributed by atoms with Gasteiger partial charge in [-0.05, 0) is 24.6 Å². The van der Waals surface area contributed by atoms with Crippen molar-refractivity contribution in [1.82, 2.24) is 0 Å². The van der Waals surface area contributed by atoms with E-state index in [1.165, 1.54) is 6.92 Å².